The summed E-state index contributed by atoms with van der Waals surface area (Å²) in [4.78, 5) is 0. The fraction of sp³-hybridized carbons (Fsp3) is 0.333. The summed E-state index contributed by atoms with van der Waals surface area (Å²) in [5, 5.41) is 0. The molecule has 0 aromatic rings. The van der Waals surface area contributed by atoms with Crippen LogP contribution in [-0.2, 0) is 0 Å². The van der Waals surface area contributed by atoms with Gasteiger partial charge < -0.3 is 0 Å². The van der Waals surface area contributed by atoms with E-state index in [-0.39, 0.29) is 5.83 Å². The minimum Gasteiger partial charge on any atom is -0.207 e. The smallest absolute Gasteiger partial charge is 0.118 e. The van der Waals surface area contributed by atoms with Gasteiger partial charge in [-0.25, -0.2) is 4.39 Å². The first kappa shape index (κ1) is 6.41. The monoisotopic (exact) mass is 100 g/mol. The molecule has 0 heterocycles. The number of rotatable bonds is 2. The highest BCUT2D eigenvalue weighted by Gasteiger charge is 1.77. The number of hydrogen-bond donors (Lipinski definition) is 0. The van der Waals surface area contributed by atoms with Gasteiger partial charge in [0.25, 0.3) is 0 Å². The summed E-state index contributed by atoms with van der Waals surface area (Å²) in [7, 11) is 0. The molecular formula is C6H9F. The van der Waals surface area contributed by atoms with Gasteiger partial charge in [-0.15, -0.1) is 0 Å². The second kappa shape index (κ2) is 3.59. The highest BCUT2D eigenvalue weighted by atomic mass is 19.1. The summed E-state index contributed by atoms with van der Waals surface area (Å²) < 4.78 is 11.9. The number of halogens is 1. The van der Waals surface area contributed by atoms with Crippen LogP contribution >= 0.6 is 0 Å². The van der Waals surface area contributed by atoms with Crippen LogP contribution in [0.2, 0.25) is 0 Å². The molecule has 7 heavy (non-hydrogen) atoms. The molecule has 0 aromatic heterocycles. The molecule has 0 amide bonds. The van der Waals surface area contributed by atoms with Crippen molar-refractivity contribution in [2.24, 2.45) is 0 Å². The first-order valence-electron chi connectivity index (χ1n) is 2.29. The van der Waals surface area contributed by atoms with Gasteiger partial charge in [-0.05, 0) is 18.6 Å². The first-order valence-corrected chi connectivity index (χ1v) is 2.29. The van der Waals surface area contributed by atoms with E-state index in [4.69, 9.17) is 0 Å². The maximum absolute atomic E-state index is 11.9. The SMILES string of the molecule is C=C/C(F)=C\CC. The molecule has 0 rings (SSSR count). The molecule has 40 valence electrons. The average Bonchev–Trinajstić information content (AvgIpc) is 1.68. The molecule has 0 saturated heterocycles. The summed E-state index contributed by atoms with van der Waals surface area (Å²) in [6.07, 6.45) is 3.41. The zero-order valence-corrected chi connectivity index (χ0v) is 4.45. The van der Waals surface area contributed by atoms with Crippen molar-refractivity contribution in [3.63, 3.8) is 0 Å². The van der Waals surface area contributed by atoms with Gasteiger partial charge in [-0.1, -0.05) is 13.5 Å². The van der Waals surface area contributed by atoms with E-state index in [9.17, 15) is 4.39 Å². The zero-order chi connectivity index (χ0) is 5.70. The standard InChI is InChI=1S/C6H9F/c1-3-5-6(7)4-2/h4-5H,2-3H2,1H3/b6-5+. The van der Waals surface area contributed by atoms with E-state index < -0.39 is 0 Å². The lowest BCUT2D eigenvalue weighted by atomic mass is 10.4. The lowest BCUT2D eigenvalue weighted by molar-refractivity contribution is 0.662. The molecule has 0 atom stereocenters. The van der Waals surface area contributed by atoms with Crippen molar-refractivity contribution in [1.82, 2.24) is 0 Å². The molecular weight excluding hydrogens is 91.1 g/mol. The first-order chi connectivity index (χ1) is 3.31. The topological polar surface area (TPSA) is 0 Å². The normalized spacial score (nSPS) is 11.4. The van der Waals surface area contributed by atoms with Gasteiger partial charge in [-0.3, -0.25) is 0 Å². The van der Waals surface area contributed by atoms with Gasteiger partial charge >= 0.3 is 0 Å². The Balaban J connectivity index is 3.49. The predicted molar refractivity (Wildman–Crippen MR) is 29.7 cm³/mol. The van der Waals surface area contributed by atoms with Gasteiger partial charge in [0.2, 0.25) is 0 Å². The van der Waals surface area contributed by atoms with Crippen molar-refractivity contribution in [2.45, 2.75) is 13.3 Å². The fourth-order valence-corrected chi connectivity index (χ4v) is 0.278. The average molecular weight is 100 g/mol. The second-order valence-corrected chi connectivity index (χ2v) is 1.20. The van der Waals surface area contributed by atoms with Crippen LogP contribution in [0.5, 0.6) is 0 Å². The van der Waals surface area contributed by atoms with Gasteiger partial charge in [0, 0.05) is 0 Å². The van der Waals surface area contributed by atoms with Crippen molar-refractivity contribution < 1.29 is 4.39 Å². The van der Waals surface area contributed by atoms with Gasteiger partial charge in [-0.2, -0.15) is 0 Å². The van der Waals surface area contributed by atoms with E-state index in [1.807, 2.05) is 6.92 Å². The van der Waals surface area contributed by atoms with Crippen LogP contribution in [0.25, 0.3) is 0 Å². The second-order valence-electron chi connectivity index (χ2n) is 1.20. The quantitative estimate of drug-likeness (QED) is 0.467. The third-order valence-electron chi connectivity index (χ3n) is 0.594. The van der Waals surface area contributed by atoms with Crippen molar-refractivity contribution in [1.29, 1.82) is 0 Å². The molecule has 0 spiro atoms. The molecule has 0 nitrogen and oxygen atoms in total. The fourth-order valence-electron chi connectivity index (χ4n) is 0.278. The van der Waals surface area contributed by atoms with Crippen molar-refractivity contribution in [3.8, 4) is 0 Å². The molecule has 0 aliphatic carbocycles. The molecule has 0 fully saturated rings. The highest BCUT2D eigenvalue weighted by molar-refractivity contribution is 5.06. The summed E-state index contributed by atoms with van der Waals surface area (Å²) in [6, 6.07) is 0. The van der Waals surface area contributed by atoms with Crippen LogP contribution < -0.4 is 0 Å². The van der Waals surface area contributed by atoms with Crippen LogP contribution in [0, 0.1) is 0 Å². The minimum atomic E-state index is -0.234. The van der Waals surface area contributed by atoms with Crippen LogP contribution in [0.4, 0.5) is 4.39 Å². The van der Waals surface area contributed by atoms with Crippen LogP contribution in [-0.4, -0.2) is 0 Å². The lowest BCUT2D eigenvalue weighted by Crippen LogP contribution is -1.59. The van der Waals surface area contributed by atoms with Crippen molar-refractivity contribution in [2.75, 3.05) is 0 Å². The molecule has 0 aromatic carbocycles. The summed E-state index contributed by atoms with van der Waals surface area (Å²) in [5.41, 5.74) is 0. The highest BCUT2D eigenvalue weighted by Crippen LogP contribution is 1.96. The largest absolute Gasteiger partial charge is 0.207 e. The van der Waals surface area contributed by atoms with Gasteiger partial charge in [0.1, 0.15) is 5.83 Å². The van der Waals surface area contributed by atoms with E-state index >= 15 is 0 Å². The Morgan fingerprint density at radius 2 is 2.43 bits per heavy atom. The Labute approximate surface area is 43.4 Å². The zero-order valence-electron chi connectivity index (χ0n) is 4.45. The van der Waals surface area contributed by atoms with E-state index in [2.05, 4.69) is 6.58 Å². The molecule has 0 aliphatic heterocycles. The molecule has 1 heteroatoms. The summed E-state index contributed by atoms with van der Waals surface area (Å²) >= 11 is 0. The lowest BCUT2D eigenvalue weighted by Gasteiger charge is -1.78. The molecule has 0 bridgehead atoms. The summed E-state index contributed by atoms with van der Waals surface area (Å²) in [6.45, 7) is 5.11. The molecule has 0 N–H and O–H groups in total. The van der Waals surface area contributed by atoms with Crippen molar-refractivity contribution in [3.05, 3.63) is 24.6 Å². The van der Waals surface area contributed by atoms with Gasteiger partial charge in [0.15, 0.2) is 0 Å². The molecule has 0 radical (unpaired) electrons. The van der Waals surface area contributed by atoms with Crippen molar-refractivity contribution >= 4 is 0 Å². The van der Waals surface area contributed by atoms with E-state index in [0.717, 1.165) is 6.42 Å². The Kier molecular flexibility index (Phi) is 3.29. The Morgan fingerprint density at radius 3 is 2.57 bits per heavy atom. The van der Waals surface area contributed by atoms with Crippen LogP contribution in [0.15, 0.2) is 24.6 Å². The third kappa shape index (κ3) is 3.23. The number of hydrogen-bond acceptors (Lipinski definition) is 0. The molecule has 0 unspecified atom stereocenters. The summed E-state index contributed by atoms with van der Waals surface area (Å²) in [5.74, 6) is -0.234. The minimum absolute atomic E-state index is 0.234. The maximum atomic E-state index is 11.9. The van der Waals surface area contributed by atoms with Crippen LogP contribution in [0.3, 0.4) is 0 Å². The Bertz CT molecular complexity index is 82.2. The van der Waals surface area contributed by atoms with E-state index in [1.54, 1.807) is 0 Å². The molecule has 0 aliphatic rings. The van der Waals surface area contributed by atoms with Gasteiger partial charge in [0.05, 0.1) is 0 Å². The predicted octanol–water partition coefficient (Wildman–Crippen LogP) is 2.44. The Hall–Kier alpha value is -0.590. The third-order valence-corrected chi connectivity index (χ3v) is 0.594. The maximum Gasteiger partial charge on any atom is 0.118 e. The van der Waals surface area contributed by atoms with Crippen LogP contribution in [0.1, 0.15) is 13.3 Å². The molecule has 0 saturated carbocycles. The number of allylic oxidation sites excluding steroid dienone is 3. The van der Waals surface area contributed by atoms with E-state index in [0.29, 0.717) is 0 Å². The van der Waals surface area contributed by atoms with E-state index in [1.165, 1.54) is 12.2 Å². The Morgan fingerprint density at radius 1 is 1.86 bits per heavy atom.